The van der Waals surface area contributed by atoms with Gasteiger partial charge in [0.25, 0.3) is 0 Å². The molecule has 4 rings (SSSR count). The van der Waals surface area contributed by atoms with Gasteiger partial charge in [-0.2, -0.15) is 0 Å². The smallest absolute Gasteiger partial charge is 0.133 e. The molecule has 0 aliphatic heterocycles. The normalized spacial score (nSPS) is 47.0. The van der Waals surface area contributed by atoms with Gasteiger partial charge in [-0.05, 0) is 91.8 Å². The number of hydrogen-bond acceptors (Lipinski definition) is 4. The number of aliphatic hydroxyl groups is 1. The summed E-state index contributed by atoms with van der Waals surface area (Å²) in [4.78, 5) is 24.0. The van der Waals surface area contributed by atoms with Gasteiger partial charge in [-0.1, -0.05) is 34.6 Å². The largest absolute Gasteiger partial charge is 0.393 e. The highest BCUT2D eigenvalue weighted by atomic mass is 16.3. The van der Waals surface area contributed by atoms with Crippen LogP contribution in [0.15, 0.2) is 0 Å². The molecule has 0 bridgehead atoms. The first-order valence-corrected chi connectivity index (χ1v) is 13.4. The highest BCUT2D eigenvalue weighted by Gasteiger charge is 2.65. The summed E-state index contributed by atoms with van der Waals surface area (Å²) in [6, 6.07) is 0.862. The summed E-state index contributed by atoms with van der Waals surface area (Å²) < 4.78 is 0. The van der Waals surface area contributed by atoms with E-state index in [2.05, 4.69) is 39.9 Å². The van der Waals surface area contributed by atoms with Crippen LogP contribution in [0.4, 0.5) is 0 Å². The maximum absolute atomic E-state index is 12.4. The molecule has 2 unspecified atom stereocenters. The maximum Gasteiger partial charge on any atom is 0.133 e. The van der Waals surface area contributed by atoms with E-state index in [1.807, 2.05) is 0 Å². The Balaban J connectivity index is 1.66. The van der Waals surface area contributed by atoms with Crippen molar-refractivity contribution in [3.8, 4) is 0 Å². The van der Waals surface area contributed by atoms with Crippen molar-refractivity contribution in [2.45, 2.75) is 118 Å². The van der Waals surface area contributed by atoms with E-state index in [9.17, 15) is 14.7 Å². The molecule has 4 fully saturated rings. The van der Waals surface area contributed by atoms with Crippen LogP contribution in [0.25, 0.3) is 0 Å². The van der Waals surface area contributed by atoms with Crippen LogP contribution in [-0.2, 0) is 9.59 Å². The van der Waals surface area contributed by atoms with Crippen molar-refractivity contribution in [2.24, 2.45) is 46.3 Å². The molecule has 0 aromatic heterocycles. The molecule has 0 radical (unpaired) electrons. The highest BCUT2D eigenvalue weighted by Crippen LogP contribution is 2.68. The lowest BCUT2D eigenvalue weighted by molar-refractivity contribution is -0.179. The van der Waals surface area contributed by atoms with Gasteiger partial charge in [0.1, 0.15) is 11.6 Å². The molecule has 4 nitrogen and oxygen atoms in total. The second kappa shape index (κ2) is 8.80. The Kier molecular flexibility index (Phi) is 6.71. The zero-order chi connectivity index (χ0) is 23.4. The van der Waals surface area contributed by atoms with Crippen molar-refractivity contribution in [1.29, 1.82) is 0 Å². The van der Waals surface area contributed by atoms with E-state index in [1.54, 1.807) is 6.92 Å². The van der Waals surface area contributed by atoms with E-state index in [0.717, 1.165) is 38.5 Å². The first kappa shape index (κ1) is 24.4. The fraction of sp³-hybridized carbons (Fsp3) is 0.929. The van der Waals surface area contributed by atoms with Gasteiger partial charge < -0.3 is 15.2 Å². The van der Waals surface area contributed by atoms with Crippen LogP contribution >= 0.6 is 0 Å². The van der Waals surface area contributed by atoms with Crippen molar-refractivity contribution in [3.05, 3.63) is 0 Å². The molecule has 4 aliphatic rings. The van der Waals surface area contributed by atoms with E-state index >= 15 is 0 Å². The van der Waals surface area contributed by atoms with Gasteiger partial charge in [0.05, 0.1) is 6.10 Å². The molecule has 0 saturated heterocycles. The first-order valence-electron chi connectivity index (χ1n) is 13.4. The molecule has 10 atom stereocenters. The summed E-state index contributed by atoms with van der Waals surface area (Å²) in [7, 11) is 0. The number of carbonyl (C=O) groups excluding carboxylic acids is 2. The Morgan fingerprint density at radius 1 is 1.16 bits per heavy atom. The van der Waals surface area contributed by atoms with E-state index in [0.29, 0.717) is 59.8 Å². The molecule has 0 aromatic rings. The number of aliphatic hydroxyl groups excluding tert-OH is 1. The fourth-order valence-electron chi connectivity index (χ4n) is 9.22. The summed E-state index contributed by atoms with van der Waals surface area (Å²) in [5.41, 5.74) is 0.107. The Labute approximate surface area is 195 Å². The Bertz CT molecular complexity index is 734. The van der Waals surface area contributed by atoms with Gasteiger partial charge in [-0.15, -0.1) is 0 Å². The van der Waals surface area contributed by atoms with E-state index < -0.39 is 0 Å². The van der Waals surface area contributed by atoms with Crippen molar-refractivity contribution in [1.82, 2.24) is 5.32 Å². The summed E-state index contributed by atoms with van der Waals surface area (Å²) in [6.07, 6.45) is 8.13. The van der Waals surface area contributed by atoms with Gasteiger partial charge >= 0.3 is 0 Å². The second-order valence-electron chi connectivity index (χ2n) is 12.9. The topological polar surface area (TPSA) is 66.4 Å². The molecule has 4 saturated carbocycles. The van der Waals surface area contributed by atoms with Gasteiger partial charge in [0, 0.05) is 31.3 Å². The van der Waals surface area contributed by atoms with Crippen LogP contribution in [0.1, 0.15) is 99.3 Å². The molecule has 0 amide bonds. The van der Waals surface area contributed by atoms with Crippen LogP contribution in [-0.4, -0.2) is 34.9 Å². The lowest BCUT2D eigenvalue weighted by Gasteiger charge is -2.64. The number of carbonyl (C=O) groups is 2. The Hall–Kier alpha value is -0.740. The van der Waals surface area contributed by atoms with Crippen LogP contribution in [0.3, 0.4) is 0 Å². The third-order valence-corrected chi connectivity index (χ3v) is 10.9. The number of hydrogen-bond donors (Lipinski definition) is 2. The average Bonchev–Trinajstić information content (AvgIpc) is 3.06. The minimum absolute atomic E-state index is 0.0675. The third kappa shape index (κ3) is 3.91. The molecule has 4 aliphatic carbocycles. The zero-order valence-corrected chi connectivity index (χ0v) is 21.3. The van der Waals surface area contributed by atoms with Gasteiger partial charge in [-0.3, -0.25) is 4.79 Å². The Morgan fingerprint density at radius 2 is 1.88 bits per heavy atom. The fourth-order valence-corrected chi connectivity index (χ4v) is 9.22. The van der Waals surface area contributed by atoms with E-state index in [-0.39, 0.29) is 22.7 Å². The molecule has 4 heteroatoms. The van der Waals surface area contributed by atoms with Crippen LogP contribution in [0.5, 0.6) is 0 Å². The number of rotatable bonds is 6. The summed E-state index contributed by atoms with van der Waals surface area (Å²) in [5.74, 6) is 3.71. The number of Topliss-reactive ketones (excluding diaryl/α,β-unsaturated/α-hetero) is 2. The van der Waals surface area contributed by atoms with Gasteiger partial charge in [0.2, 0.25) is 0 Å². The van der Waals surface area contributed by atoms with Crippen molar-refractivity contribution >= 4 is 11.6 Å². The van der Waals surface area contributed by atoms with E-state index in [1.165, 1.54) is 12.8 Å². The molecule has 182 valence electrons. The van der Waals surface area contributed by atoms with Crippen molar-refractivity contribution in [3.63, 3.8) is 0 Å². The van der Waals surface area contributed by atoms with E-state index in [4.69, 9.17) is 0 Å². The molecule has 32 heavy (non-hydrogen) atoms. The summed E-state index contributed by atoms with van der Waals surface area (Å²) in [6.45, 7) is 13.3. The predicted molar refractivity (Wildman–Crippen MR) is 128 cm³/mol. The van der Waals surface area contributed by atoms with Gasteiger partial charge in [-0.25, -0.2) is 0 Å². The Morgan fingerprint density at radius 3 is 2.53 bits per heavy atom. The number of nitrogens with one attached hydrogen (secondary N) is 1. The molecular formula is C28H47NO3. The third-order valence-electron chi connectivity index (χ3n) is 10.9. The number of fused-ring (bicyclic) bond motifs is 5. The molecular weight excluding hydrogens is 398 g/mol. The predicted octanol–water partition coefficient (Wildman–Crippen LogP) is 5.17. The van der Waals surface area contributed by atoms with Crippen molar-refractivity contribution in [2.75, 3.05) is 0 Å². The highest BCUT2D eigenvalue weighted by molar-refractivity contribution is 5.79. The quantitative estimate of drug-likeness (QED) is 0.592. The minimum atomic E-state index is -0.283. The number of ketones is 2. The summed E-state index contributed by atoms with van der Waals surface area (Å²) >= 11 is 0. The monoisotopic (exact) mass is 445 g/mol. The lowest BCUT2D eigenvalue weighted by atomic mass is 9.42. The molecule has 2 N–H and O–H groups in total. The van der Waals surface area contributed by atoms with Gasteiger partial charge in [0.15, 0.2) is 0 Å². The average molecular weight is 446 g/mol. The summed E-state index contributed by atoms with van der Waals surface area (Å²) in [5, 5.41) is 15.7. The van der Waals surface area contributed by atoms with Crippen molar-refractivity contribution < 1.29 is 14.7 Å². The van der Waals surface area contributed by atoms with Crippen LogP contribution in [0.2, 0.25) is 0 Å². The zero-order valence-electron chi connectivity index (χ0n) is 21.3. The van der Waals surface area contributed by atoms with Crippen LogP contribution in [0, 0.1) is 46.3 Å². The SMILES string of the molecule is CC(=O)CC[C@@H](C)[C@H]1CC[C@H]2[C@@H]3C(NC(C)C)C[C@@H]4CC(=O)CC[C@]4(C)[C@H]3CC(O)[C@]12C. The second-order valence-corrected chi connectivity index (χ2v) is 12.9. The first-order chi connectivity index (χ1) is 15.0. The minimum Gasteiger partial charge on any atom is -0.393 e. The molecule has 0 spiro atoms. The standard InChI is InChI=1S/C28H47NO3/c1-16(2)29-24-14-19-13-20(31)11-12-27(19,5)23-15-25(32)28(6)21(9-10-22(28)26(23)24)17(3)7-8-18(4)30/h16-17,19,21-26,29,32H,7-15H2,1-6H3/t17-,19+,21-,22+,23+,24?,25?,26+,27+,28-/m1/s1. The molecule has 0 heterocycles. The molecule has 0 aromatic carbocycles. The lowest BCUT2D eigenvalue weighted by Crippen LogP contribution is -2.65. The maximum atomic E-state index is 12.4. The van der Waals surface area contributed by atoms with Crippen LogP contribution < -0.4 is 5.32 Å².